The topological polar surface area (TPSA) is 34.1 Å². The highest BCUT2D eigenvalue weighted by Crippen LogP contribution is 2.09. The van der Waals surface area contributed by atoms with Crippen molar-refractivity contribution < 1.29 is 4.84 Å². The third kappa shape index (κ3) is 4.36. The van der Waals surface area contributed by atoms with Crippen molar-refractivity contribution in [1.82, 2.24) is 10.5 Å². The summed E-state index contributed by atoms with van der Waals surface area (Å²) >= 11 is 1.65. The minimum atomic E-state index is -0.147. The Kier molecular flexibility index (Phi) is 3.41. The summed E-state index contributed by atoms with van der Waals surface area (Å²) in [6.07, 6.45) is 0. The Balaban J connectivity index is 2.28. The van der Waals surface area contributed by atoms with E-state index in [0.29, 0.717) is 6.54 Å². The summed E-state index contributed by atoms with van der Waals surface area (Å²) in [4.78, 5) is 9.67. The smallest absolute Gasteiger partial charge is 0.109 e. The minimum absolute atomic E-state index is 0.147. The van der Waals surface area contributed by atoms with Crippen LogP contribution in [0.4, 0.5) is 0 Å². The van der Waals surface area contributed by atoms with Gasteiger partial charge in [0.2, 0.25) is 0 Å². The van der Waals surface area contributed by atoms with Crippen LogP contribution >= 0.6 is 11.3 Å². The molecule has 1 aromatic heterocycles. The van der Waals surface area contributed by atoms with Gasteiger partial charge in [0.15, 0.2) is 0 Å². The molecule has 1 N–H and O–H groups in total. The zero-order valence-electron chi connectivity index (χ0n) is 8.55. The van der Waals surface area contributed by atoms with Gasteiger partial charge in [0.25, 0.3) is 0 Å². The maximum Gasteiger partial charge on any atom is 0.109 e. The fourth-order valence-electron chi connectivity index (χ4n) is 0.798. The molecule has 1 heterocycles. The number of hydrogen-bond donors (Lipinski definition) is 1. The lowest BCUT2D eigenvalue weighted by Crippen LogP contribution is -2.28. The van der Waals surface area contributed by atoms with E-state index in [1.807, 2.05) is 33.1 Å². The van der Waals surface area contributed by atoms with E-state index >= 15 is 0 Å². The molecule has 1 aromatic rings. The highest BCUT2D eigenvalue weighted by atomic mass is 32.1. The molecule has 0 unspecified atom stereocenters. The van der Waals surface area contributed by atoms with Crippen LogP contribution in [0.15, 0.2) is 5.38 Å². The van der Waals surface area contributed by atoms with Gasteiger partial charge in [-0.15, -0.1) is 11.3 Å². The van der Waals surface area contributed by atoms with Gasteiger partial charge in [0.1, 0.15) is 5.01 Å². The van der Waals surface area contributed by atoms with Crippen molar-refractivity contribution in [2.24, 2.45) is 0 Å². The van der Waals surface area contributed by atoms with Crippen molar-refractivity contribution in [2.45, 2.75) is 39.8 Å². The van der Waals surface area contributed by atoms with E-state index in [0.717, 1.165) is 10.7 Å². The Morgan fingerprint density at radius 2 is 2.23 bits per heavy atom. The average molecular weight is 200 g/mol. The lowest BCUT2D eigenvalue weighted by atomic mass is 10.2. The first-order valence-electron chi connectivity index (χ1n) is 4.29. The third-order valence-electron chi connectivity index (χ3n) is 1.27. The molecule has 0 aliphatic carbocycles. The summed E-state index contributed by atoms with van der Waals surface area (Å²) in [7, 11) is 0. The van der Waals surface area contributed by atoms with E-state index < -0.39 is 0 Å². The lowest BCUT2D eigenvalue weighted by Gasteiger charge is -2.18. The van der Waals surface area contributed by atoms with Gasteiger partial charge >= 0.3 is 0 Å². The number of hydrogen-bond acceptors (Lipinski definition) is 4. The Morgan fingerprint density at radius 1 is 1.54 bits per heavy atom. The van der Waals surface area contributed by atoms with E-state index in [1.165, 1.54) is 0 Å². The summed E-state index contributed by atoms with van der Waals surface area (Å²) in [5, 5.41) is 3.09. The number of rotatable bonds is 3. The standard InChI is InChI=1S/C9H16N2OS/c1-7-6-13-8(11-7)5-10-12-9(2,3)4/h6,10H,5H2,1-4H3. The molecule has 0 amide bonds. The molecular formula is C9H16N2OS. The first-order chi connectivity index (χ1) is 5.97. The van der Waals surface area contributed by atoms with Gasteiger partial charge in [-0.3, -0.25) is 4.84 Å². The predicted molar refractivity (Wildman–Crippen MR) is 54.5 cm³/mol. The Labute approximate surface area is 83.1 Å². The number of nitrogens with one attached hydrogen (secondary N) is 1. The quantitative estimate of drug-likeness (QED) is 0.760. The molecule has 0 spiro atoms. The van der Waals surface area contributed by atoms with Gasteiger partial charge in [-0.2, -0.15) is 5.48 Å². The lowest BCUT2D eigenvalue weighted by molar-refractivity contribution is -0.0757. The Bertz CT molecular complexity index is 265. The van der Waals surface area contributed by atoms with Crippen LogP contribution < -0.4 is 5.48 Å². The van der Waals surface area contributed by atoms with Crippen LogP contribution in [0, 0.1) is 6.92 Å². The monoisotopic (exact) mass is 200 g/mol. The molecule has 0 saturated heterocycles. The van der Waals surface area contributed by atoms with Gasteiger partial charge in [-0.25, -0.2) is 4.98 Å². The molecule has 3 nitrogen and oxygen atoms in total. The molecule has 0 radical (unpaired) electrons. The van der Waals surface area contributed by atoms with E-state index in [2.05, 4.69) is 10.5 Å². The van der Waals surface area contributed by atoms with Gasteiger partial charge < -0.3 is 0 Å². The second-order valence-electron chi connectivity index (χ2n) is 3.92. The van der Waals surface area contributed by atoms with Crippen molar-refractivity contribution in [1.29, 1.82) is 0 Å². The highest BCUT2D eigenvalue weighted by molar-refractivity contribution is 7.09. The van der Waals surface area contributed by atoms with E-state index in [9.17, 15) is 0 Å². The van der Waals surface area contributed by atoms with Crippen molar-refractivity contribution in [3.63, 3.8) is 0 Å². The van der Waals surface area contributed by atoms with Gasteiger partial charge in [0, 0.05) is 11.1 Å². The van der Waals surface area contributed by atoms with Crippen molar-refractivity contribution in [2.75, 3.05) is 0 Å². The van der Waals surface area contributed by atoms with Crippen LogP contribution in [-0.2, 0) is 11.4 Å². The van der Waals surface area contributed by atoms with E-state index in [-0.39, 0.29) is 5.60 Å². The summed E-state index contributed by atoms with van der Waals surface area (Å²) in [6.45, 7) is 8.69. The van der Waals surface area contributed by atoms with Crippen molar-refractivity contribution in [3.8, 4) is 0 Å². The van der Waals surface area contributed by atoms with Crippen LogP contribution in [0.3, 0.4) is 0 Å². The zero-order valence-corrected chi connectivity index (χ0v) is 9.36. The molecule has 0 atom stereocenters. The van der Waals surface area contributed by atoms with E-state index in [4.69, 9.17) is 4.84 Å². The Hall–Kier alpha value is -0.450. The number of thiazole rings is 1. The molecule has 0 bridgehead atoms. The maximum atomic E-state index is 5.36. The first kappa shape index (κ1) is 10.6. The van der Waals surface area contributed by atoms with Crippen LogP contribution in [0.5, 0.6) is 0 Å². The molecule has 0 aromatic carbocycles. The molecule has 0 aliphatic rings. The predicted octanol–water partition coefficient (Wildman–Crippen LogP) is 2.27. The van der Waals surface area contributed by atoms with Gasteiger partial charge in [-0.05, 0) is 27.7 Å². The second-order valence-corrected chi connectivity index (χ2v) is 4.86. The molecule has 13 heavy (non-hydrogen) atoms. The molecule has 4 heteroatoms. The largest absolute Gasteiger partial charge is 0.296 e. The summed E-state index contributed by atoms with van der Waals surface area (Å²) < 4.78 is 0. The normalized spacial score (nSPS) is 12.0. The molecule has 1 rings (SSSR count). The highest BCUT2D eigenvalue weighted by Gasteiger charge is 2.10. The third-order valence-corrected chi connectivity index (χ3v) is 2.23. The summed E-state index contributed by atoms with van der Waals surface area (Å²) in [5.74, 6) is 0. The van der Waals surface area contributed by atoms with Crippen LogP contribution in [0.1, 0.15) is 31.5 Å². The van der Waals surface area contributed by atoms with Crippen molar-refractivity contribution in [3.05, 3.63) is 16.1 Å². The average Bonchev–Trinajstić information content (AvgIpc) is 2.33. The molecule has 0 fully saturated rings. The number of aryl methyl sites for hydroxylation is 1. The fourth-order valence-corrected chi connectivity index (χ4v) is 1.50. The minimum Gasteiger partial charge on any atom is -0.296 e. The van der Waals surface area contributed by atoms with Crippen LogP contribution in [0.25, 0.3) is 0 Å². The summed E-state index contributed by atoms with van der Waals surface area (Å²) in [5.41, 5.74) is 3.82. The number of nitrogens with zero attached hydrogens (tertiary/aromatic N) is 1. The first-order valence-corrected chi connectivity index (χ1v) is 5.17. The number of aromatic nitrogens is 1. The molecule has 0 saturated carbocycles. The number of hydroxylamine groups is 1. The molecule has 74 valence electrons. The molecule has 0 aliphatic heterocycles. The van der Waals surface area contributed by atoms with Gasteiger partial charge in [0.05, 0.1) is 12.1 Å². The second kappa shape index (κ2) is 4.17. The zero-order chi connectivity index (χ0) is 9.90. The fraction of sp³-hybridized carbons (Fsp3) is 0.667. The molecular weight excluding hydrogens is 184 g/mol. The summed E-state index contributed by atoms with van der Waals surface area (Å²) in [6, 6.07) is 0. The van der Waals surface area contributed by atoms with Gasteiger partial charge in [-0.1, -0.05) is 0 Å². The SMILES string of the molecule is Cc1csc(CNOC(C)(C)C)n1. The van der Waals surface area contributed by atoms with Crippen LogP contribution in [-0.4, -0.2) is 10.6 Å². The van der Waals surface area contributed by atoms with Crippen LogP contribution in [0.2, 0.25) is 0 Å². The maximum absolute atomic E-state index is 5.36. The Morgan fingerprint density at radius 3 is 2.69 bits per heavy atom. The van der Waals surface area contributed by atoms with Crippen molar-refractivity contribution >= 4 is 11.3 Å². The van der Waals surface area contributed by atoms with E-state index in [1.54, 1.807) is 11.3 Å².